The molecule has 0 aliphatic carbocycles. The van der Waals surface area contributed by atoms with Crippen LogP contribution in [-0.4, -0.2) is 56.8 Å². The number of hydrogen-bond acceptors (Lipinski definition) is 3. The Kier molecular flexibility index (Phi) is 6.34. The third kappa shape index (κ3) is 3.57. The molecule has 108 valence electrons. The standard InChI is InChI=1S/C11H23N3O2S.ClH/c1-12-9-11-5-8-14(10-11)17(15,16)13-6-3-2-4-7-13;/h11-12H,2-10H2,1H3;1H. The molecule has 18 heavy (non-hydrogen) atoms. The average molecular weight is 298 g/mol. The van der Waals surface area contributed by atoms with E-state index >= 15 is 0 Å². The summed E-state index contributed by atoms with van der Waals surface area (Å²) in [4.78, 5) is 0. The van der Waals surface area contributed by atoms with Crippen molar-refractivity contribution in [3.8, 4) is 0 Å². The van der Waals surface area contributed by atoms with E-state index in [9.17, 15) is 8.42 Å². The van der Waals surface area contributed by atoms with E-state index in [1.165, 1.54) is 0 Å². The Labute approximate surface area is 116 Å². The number of rotatable bonds is 4. The van der Waals surface area contributed by atoms with E-state index in [1.807, 2.05) is 7.05 Å². The van der Waals surface area contributed by atoms with Gasteiger partial charge in [-0.1, -0.05) is 6.42 Å². The zero-order valence-electron chi connectivity index (χ0n) is 11.0. The van der Waals surface area contributed by atoms with E-state index in [1.54, 1.807) is 8.61 Å². The third-order valence-electron chi connectivity index (χ3n) is 3.71. The first-order valence-electron chi connectivity index (χ1n) is 6.54. The van der Waals surface area contributed by atoms with E-state index in [0.29, 0.717) is 32.1 Å². The molecule has 1 N–H and O–H groups in total. The first-order valence-corrected chi connectivity index (χ1v) is 7.94. The molecule has 0 aromatic heterocycles. The fraction of sp³-hybridized carbons (Fsp3) is 1.00. The summed E-state index contributed by atoms with van der Waals surface area (Å²) in [5, 5.41) is 3.13. The van der Waals surface area contributed by atoms with Crippen molar-refractivity contribution in [2.45, 2.75) is 25.7 Å². The smallest absolute Gasteiger partial charge is 0.281 e. The summed E-state index contributed by atoms with van der Waals surface area (Å²) < 4.78 is 28.1. The van der Waals surface area contributed by atoms with Crippen molar-refractivity contribution >= 4 is 22.6 Å². The van der Waals surface area contributed by atoms with Gasteiger partial charge in [0.05, 0.1) is 0 Å². The molecule has 0 amide bonds. The fourth-order valence-electron chi connectivity index (χ4n) is 2.72. The van der Waals surface area contributed by atoms with Crippen LogP contribution in [0, 0.1) is 5.92 Å². The molecule has 1 unspecified atom stereocenters. The molecule has 2 rings (SSSR count). The molecule has 7 heteroatoms. The average Bonchev–Trinajstić information content (AvgIpc) is 2.80. The molecule has 2 fully saturated rings. The van der Waals surface area contributed by atoms with Crippen molar-refractivity contribution < 1.29 is 8.42 Å². The second kappa shape index (κ2) is 7.05. The summed E-state index contributed by atoms with van der Waals surface area (Å²) in [6.45, 7) is 3.68. The second-order valence-electron chi connectivity index (χ2n) is 5.04. The number of halogens is 1. The van der Waals surface area contributed by atoms with Gasteiger partial charge in [-0.05, 0) is 38.8 Å². The van der Waals surface area contributed by atoms with Crippen LogP contribution in [-0.2, 0) is 10.2 Å². The van der Waals surface area contributed by atoms with Crippen LogP contribution in [0.25, 0.3) is 0 Å². The zero-order chi connectivity index (χ0) is 12.3. The van der Waals surface area contributed by atoms with Gasteiger partial charge >= 0.3 is 0 Å². The van der Waals surface area contributed by atoms with Crippen molar-refractivity contribution in [3.63, 3.8) is 0 Å². The van der Waals surface area contributed by atoms with Gasteiger partial charge in [-0.2, -0.15) is 17.0 Å². The van der Waals surface area contributed by atoms with Crippen LogP contribution < -0.4 is 5.32 Å². The van der Waals surface area contributed by atoms with Crippen LogP contribution in [0.3, 0.4) is 0 Å². The Bertz CT molecular complexity index is 344. The molecule has 0 aromatic carbocycles. The highest BCUT2D eigenvalue weighted by Gasteiger charge is 2.35. The van der Waals surface area contributed by atoms with E-state index in [-0.39, 0.29) is 12.4 Å². The molecule has 0 saturated carbocycles. The Hall–Kier alpha value is 0.120. The van der Waals surface area contributed by atoms with Crippen LogP contribution in [0.4, 0.5) is 0 Å². The lowest BCUT2D eigenvalue weighted by atomic mass is 10.1. The minimum Gasteiger partial charge on any atom is -0.319 e. The second-order valence-corrected chi connectivity index (χ2v) is 6.97. The maximum atomic E-state index is 12.4. The largest absolute Gasteiger partial charge is 0.319 e. The van der Waals surface area contributed by atoms with Gasteiger partial charge in [-0.25, -0.2) is 0 Å². The summed E-state index contributed by atoms with van der Waals surface area (Å²) in [5.74, 6) is 0.472. The highest BCUT2D eigenvalue weighted by molar-refractivity contribution is 7.86. The normalized spacial score (nSPS) is 27.1. The molecule has 0 bridgehead atoms. The predicted octanol–water partition coefficient (Wildman–Crippen LogP) is 0.680. The van der Waals surface area contributed by atoms with Crippen LogP contribution in [0.5, 0.6) is 0 Å². The third-order valence-corrected chi connectivity index (χ3v) is 5.71. The molecular weight excluding hydrogens is 274 g/mol. The Morgan fingerprint density at radius 2 is 1.78 bits per heavy atom. The van der Waals surface area contributed by atoms with E-state index in [4.69, 9.17) is 0 Å². The Morgan fingerprint density at radius 1 is 1.11 bits per heavy atom. The Morgan fingerprint density at radius 3 is 2.39 bits per heavy atom. The van der Waals surface area contributed by atoms with Gasteiger partial charge in [0.15, 0.2) is 0 Å². The van der Waals surface area contributed by atoms with Gasteiger partial charge in [-0.3, -0.25) is 0 Å². The molecule has 2 saturated heterocycles. The van der Waals surface area contributed by atoms with Gasteiger partial charge in [0.2, 0.25) is 0 Å². The van der Waals surface area contributed by atoms with Crippen molar-refractivity contribution in [3.05, 3.63) is 0 Å². The zero-order valence-corrected chi connectivity index (χ0v) is 12.6. The highest BCUT2D eigenvalue weighted by atomic mass is 35.5. The summed E-state index contributed by atoms with van der Waals surface area (Å²) >= 11 is 0. The molecular formula is C11H24ClN3O2S. The minimum atomic E-state index is -3.17. The lowest BCUT2D eigenvalue weighted by Crippen LogP contribution is -2.45. The van der Waals surface area contributed by atoms with Crippen LogP contribution in [0.1, 0.15) is 25.7 Å². The summed E-state index contributed by atoms with van der Waals surface area (Å²) in [6, 6.07) is 0. The molecule has 2 aliphatic heterocycles. The lowest BCUT2D eigenvalue weighted by Gasteiger charge is -2.30. The lowest BCUT2D eigenvalue weighted by molar-refractivity contribution is 0.313. The number of nitrogens with one attached hydrogen (secondary N) is 1. The van der Waals surface area contributed by atoms with Crippen LogP contribution >= 0.6 is 12.4 Å². The quantitative estimate of drug-likeness (QED) is 0.830. The monoisotopic (exact) mass is 297 g/mol. The van der Waals surface area contributed by atoms with Gasteiger partial charge in [0.25, 0.3) is 10.2 Å². The van der Waals surface area contributed by atoms with E-state index in [0.717, 1.165) is 32.2 Å². The molecule has 2 aliphatic rings. The topological polar surface area (TPSA) is 52.7 Å². The van der Waals surface area contributed by atoms with Gasteiger partial charge in [0.1, 0.15) is 0 Å². The molecule has 1 atom stereocenters. The first-order chi connectivity index (χ1) is 8.14. The van der Waals surface area contributed by atoms with E-state index in [2.05, 4.69) is 5.32 Å². The summed E-state index contributed by atoms with van der Waals surface area (Å²) in [7, 11) is -1.26. The molecule has 2 heterocycles. The van der Waals surface area contributed by atoms with Crippen molar-refractivity contribution in [2.75, 3.05) is 39.8 Å². The first kappa shape index (κ1) is 16.2. The maximum absolute atomic E-state index is 12.4. The Balaban J connectivity index is 0.00000162. The van der Waals surface area contributed by atoms with Crippen LogP contribution in [0.2, 0.25) is 0 Å². The molecule has 0 aromatic rings. The van der Waals surface area contributed by atoms with Crippen LogP contribution in [0.15, 0.2) is 0 Å². The number of hydrogen-bond donors (Lipinski definition) is 1. The van der Waals surface area contributed by atoms with E-state index < -0.39 is 10.2 Å². The summed E-state index contributed by atoms with van der Waals surface area (Å²) in [5.41, 5.74) is 0. The predicted molar refractivity (Wildman–Crippen MR) is 75.2 cm³/mol. The molecule has 0 radical (unpaired) electrons. The number of nitrogens with zero attached hydrogens (tertiary/aromatic N) is 2. The fourth-order valence-corrected chi connectivity index (χ4v) is 4.50. The van der Waals surface area contributed by atoms with Crippen molar-refractivity contribution in [2.24, 2.45) is 5.92 Å². The van der Waals surface area contributed by atoms with Crippen molar-refractivity contribution in [1.82, 2.24) is 13.9 Å². The van der Waals surface area contributed by atoms with Crippen molar-refractivity contribution in [1.29, 1.82) is 0 Å². The highest BCUT2D eigenvalue weighted by Crippen LogP contribution is 2.23. The summed E-state index contributed by atoms with van der Waals surface area (Å²) in [6.07, 6.45) is 4.16. The number of piperidine rings is 1. The van der Waals surface area contributed by atoms with Gasteiger partial charge in [-0.15, -0.1) is 12.4 Å². The molecule has 0 spiro atoms. The molecule has 5 nitrogen and oxygen atoms in total. The van der Waals surface area contributed by atoms with Gasteiger partial charge < -0.3 is 5.32 Å². The SMILES string of the molecule is CNCC1CCN(S(=O)(=O)N2CCCCC2)C1.Cl. The van der Waals surface area contributed by atoms with Gasteiger partial charge in [0, 0.05) is 26.2 Å². The maximum Gasteiger partial charge on any atom is 0.281 e. The minimum absolute atomic E-state index is 0.